The molecule has 88 valence electrons. The van der Waals surface area contributed by atoms with Crippen LogP contribution in [0.1, 0.15) is 23.2 Å². The zero-order valence-electron chi connectivity index (χ0n) is 8.74. The number of halogens is 1. The normalized spacial score (nSPS) is 10.1. The predicted octanol–water partition coefficient (Wildman–Crippen LogP) is 2.33. The number of unbranched alkanes of at least 4 members (excludes halogenated alkanes) is 1. The molecule has 0 fully saturated rings. The van der Waals surface area contributed by atoms with Crippen molar-refractivity contribution >= 4 is 27.6 Å². The summed E-state index contributed by atoms with van der Waals surface area (Å²) in [5, 5.41) is 20.6. The van der Waals surface area contributed by atoms with Crippen LogP contribution in [0, 0.1) is 0 Å². The van der Waals surface area contributed by atoms with Gasteiger partial charge in [0.1, 0.15) is 0 Å². The van der Waals surface area contributed by atoms with Gasteiger partial charge < -0.3 is 15.5 Å². The van der Waals surface area contributed by atoms with Gasteiger partial charge in [0.25, 0.3) is 0 Å². The molecule has 5 heteroatoms. The summed E-state index contributed by atoms with van der Waals surface area (Å²) in [6.45, 7) is 0.961. The smallest absolute Gasteiger partial charge is 0.336 e. The van der Waals surface area contributed by atoms with Gasteiger partial charge in [0.15, 0.2) is 0 Å². The molecule has 0 aliphatic rings. The van der Waals surface area contributed by atoms with Crippen LogP contribution in [-0.4, -0.2) is 29.3 Å². The largest absolute Gasteiger partial charge is 0.478 e. The highest BCUT2D eigenvalue weighted by molar-refractivity contribution is 9.10. The molecule has 0 amide bonds. The van der Waals surface area contributed by atoms with Crippen LogP contribution >= 0.6 is 15.9 Å². The Balaban J connectivity index is 2.56. The van der Waals surface area contributed by atoms with Crippen LogP contribution in [0.3, 0.4) is 0 Å². The molecular formula is C11H14BrNO3. The summed E-state index contributed by atoms with van der Waals surface area (Å²) in [5.41, 5.74) is 1.12. The van der Waals surface area contributed by atoms with E-state index in [1.54, 1.807) is 18.2 Å². The van der Waals surface area contributed by atoms with E-state index in [1.807, 2.05) is 0 Å². The number of anilines is 1. The molecular weight excluding hydrogens is 274 g/mol. The lowest BCUT2D eigenvalue weighted by Gasteiger charge is -2.07. The fourth-order valence-electron chi connectivity index (χ4n) is 1.27. The number of aliphatic hydroxyl groups is 1. The zero-order chi connectivity index (χ0) is 12.0. The number of rotatable bonds is 6. The molecule has 0 aliphatic carbocycles. The van der Waals surface area contributed by atoms with Crippen LogP contribution in [0.2, 0.25) is 0 Å². The van der Waals surface area contributed by atoms with Crippen molar-refractivity contribution in [1.29, 1.82) is 0 Å². The van der Waals surface area contributed by atoms with Gasteiger partial charge in [0.05, 0.1) is 5.56 Å². The number of hydrogen-bond donors (Lipinski definition) is 3. The Bertz CT molecular complexity index is 368. The highest BCUT2D eigenvalue weighted by atomic mass is 79.9. The molecule has 0 unspecified atom stereocenters. The molecule has 1 aromatic rings. The highest BCUT2D eigenvalue weighted by Crippen LogP contribution is 2.21. The monoisotopic (exact) mass is 287 g/mol. The van der Waals surface area contributed by atoms with Crippen molar-refractivity contribution in [3.05, 3.63) is 28.2 Å². The van der Waals surface area contributed by atoms with Crippen LogP contribution in [0.4, 0.5) is 5.69 Å². The Kier molecular flexibility index (Phi) is 5.28. The van der Waals surface area contributed by atoms with Crippen molar-refractivity contribution in [1.82, 2.24) is 0 Å². The molecule has 16 heavy (non-hydrogen) atoms. The maximum atomic E-state index is 10.8. The summed E-state index contributed by atoms with van der Waals surface area (Å²) in [5.74, 6) is -0.946. The predicted molar refractivity (Wildman–Crippen MR) is 65.9 cm³/mol. The van der Waals surface area contributed by atoms with E-state index in [2.05, 4.69) is 21.2 Å². The van der Waals surface area contributed by atoms with Crippen LogP contribution in [0.5, 0.6) is 0 Å². The standard InChI is InChI=1S/C11H14BrNO3/c12-10-7-8(13-5-1-2-6-14)3-4-9(10)11(15)16/h3-4,7,13-14H,1-2,5-6H2,(H,15,16). The van der Waals surface area contributed by atoms with E-state index in [0.717, 1.165) is 25.1 Å². The van der Waals surface area contributed by atoms with Crippen molar-refractivity contribution < 1.29 is 15.0 Å². The number of carboxylic acids is 1. The van der Waals surface area contributed by atoms with E-state index < -0.39 is 5.97 Å². The van der Waals surface area contributed by atoms with E-state index in [4.69, 9.17) is 10.2 Å². The second-order valence-electron chi connectivity index (χ2n) is 3.36. The SMILES string of the molecule is O=C(O)c1ccc(NCCCCO)cc1Br. The Morgan fingerprint density at radius 2 is 2.12 bits per heavy atom. The second-order valence-corrected chi connectivity index (χ2v) is 4.21. The van der Waals surface area contributed by atoms with Crippen molar-refractivity contribution in [2.45, 2.75) is 12.8 Å². The van der Waals surface area contributed by atoms with E-state index in [1.165, 1.54) is 0 Å². The maximum absolute atomic E-state index is 10.8. The summed E-state index contributed by atoms with van der Waals surface area (Å²) in [4.78, 5) is 10.8. The number of hydrogen-bond acceptors (Lipinski definition) is 3. The van der Waals surface area contributed by atoms with Gasteiger partial charge in [-0.1, -0.05) is 0 Å². The van der Waals surface area contributed by atoms with Gasteiger partial charge in [0.2, 0.25) is 0 Å². The first-order valence-electron chi connectivity index (χ1n) is 5.02. The van der Waals surface area contributed by atoms with Gasteiger partial charge >= 0.3 is 5.97 Å². The molecule has 0 bridgehead atoms. The Labute approximate surface area is 102 Å². The second kappa shape index (κ2) is 6.50. The van der Waals surface area contributed by atoms with Crippen molar-refractivity contribution in [2.24, 2.45) is 0 Å². The first-order valence-corrected chi connectivity index (χ1v) is 5.82. The molecule has 0 heterocycles. The minimum atomic E-state index is -0.946. The molecule has 0 radical (unpaired) electrons. The van der Waals surface area contributed by atoms with Crippen LogP contribution in [-0.2, 0) is 0 Å². The van der Waals surface area contributed by atoms with Crippen molar-refractivity contribution in [3.63, 3.8) is 0 Å². The van der Waals surface area contributed by atoms with Gasteiger partial charge in [-0.2, -0.15) is 0 Å². The Hall–Kier alpha value is -1.07. The molecule has 0 atom stereocenters. The minimum Gasteiger partial charge on any atom is -0.478 e. The van der Waals surface area contributed by atoms with Gasteiger partial charge in [-0.25, -0.2) is 4.79 Å². The number of aliphatic hydroxyl groups excluding tert-OH is 1. The average molecular weight is 288 g/mol. The topological polar surface area (TPSA) is 69.6 Å². The molecule has 4 nitrogen and oxygen atoms in total. The Morgan fingerprint density at radius 1 is 1.38 bits per heavy atom. The third-order valence-electron chi connectivity index (χ3n) is 2.11. The quantitative estimate of drug-likeness (QED) is 0.703. The fraction of sp³-hybridized carbons (Fsp3) is 0.364. The molecule has 0 saturated carbocycles. The third kappa shape index (κ3) is 3.83. The van der Waals surface area contributed by atoms with E-state index >= 15 is 0 Å². The first kappa shape index (κ1) is 13.0. The van der Waals surface area contributed by atoms with Gasteiger partial charge in [-0.05, 0) is 47.0 Å². The molecule has 0 saturated heterocycles. The molecule has 0 aromatic heterocycles. The maximum Gasteiger partial charge on any atom is 0.336 e. The van der Waals surface area contributed by atoms with Gasteiger partial charge in [-0.3, -0.25) is 0 Å². The fourth-order valence-corrected chi connectivity index (χ4v) is 1.82. The molecule has 0 spiro atoms. The average Bonchev–Trinajstić information content (AvgIpc) is 2.24. The summed E-state index contributed by atoms with van der Waals surface area (Å²) >= 11 is 3.21. The van der Waals surface area contributed by atoms with Crippen LogP contribution in [0.25, 0.3) is 0 Å². The van der Waals surface area contributed by atoms with Crippen molar-refractivity contribution in [2.75, 3.05) is 18.5 Å². The Morgan fingerprint density at radius 3 is 2.69 bits per heavy atom. The molecule has 1 rings (SSSR count). The van der Waals surface area contributed by atoms with E-state index in [9.17, 15) is 4.79 Å². The van der Waals surface area contributed by atoms with Crippen LogP contribution < -0.4 is 5.32 Å². The van der Waals surface area contributed by atoms with E-state index in [-0.39, 0.29) is 12.2 Å². The molecule has 3 N–H and O–H groups in total. The lowest BCUT2D eigenvalue weighted by molar-refractivity contribution is 0.0696. The number of benzene rings is 1. The van der Waals surface area contributed by atoms with E-state index in [0.29, 0.717) is 4.47 Å². The first-order chi connectivity index (χ1) is 7.65. The summed E-state index contributed by atoms with van der Waals surface area (Å²) in [6, 6.07) is 5.02. The lowest BCUT2D eigenvalue weighted by Crippen LogP contribution is -2.04. The lowest BCUT2D eigenvalue weighted by atomic mass is 10.2. The third-order valence-corrected chi connectivity index (χ3v) is 2.77. The zero-order valence-corrected chi connectivity index (χ0v) is 10.3. The van der Waals surface area contributed by atoms with Gasteiger partial charge in [-0.15, -0.1) is 0 Å². The molecule has 1 aromatic carbocycles. The number of carbonyl (C=O) groups is 1. The van der Waals surface area contributed by atoms with Gasteiger partial charge in [0, 0.05) is 23.3 Å². The molecule has 0 aliphatic heterocycles. The summed E-state index contributed by atoms with van der Waals surface area (Å²) in [6.07, 6.45) is 1.65. The number of nitrogens with one attached hydrogen (secondary N) is 1. The summed E-state index contributed by atoms with van der Waals surface area (Å²) in [7, 11) is 0. The van der Waals surface area contributed by atoms with Crippen molar-refractivity contribution in [3.8, 4) is 0 Å². The number of aromatic carboxylic acids is 1. The minimum absolute atomic E-state index is 0.198. The van der Waals surface area contributed by atoms with Crippen LogP contribution in [0.15, 0.2) is 22.7 Å². The highest BCUT2D eigenvalue weighted by Gasteiger charge is 2.07. The number of carboxylic acid groups (broad SMARTS) is 1. The summed E-state index contributed by atoms with van der Waals surface area (Å²) < 4.78 is 0.562.